The lowest BCUT2D eigenvalue weighted by atomic mass is 9.95. The average molecular weight is 348 g/mol. The highest BCUT2D eigenvalue weighted by Crippen LogP contribution is 2.54. The molecule has 1 saturated carbocycles. The zero-order valence-corrected chi connectivity index (χ0v) is 15.0. The van der Waals surface area contributed by atoms with Gasteiger partial charge in [-0.3, -0.25) is 0 Å². The lowest BCUT2D eigenvalue weighted by Crippen LogP contribution is -2.11. The van der Waals surface area contributed by atoms with E-state index in [2.05, 4.69) is 10.1 Å². The first-order chi connectivity index (χ1) is 11.4. The second-order valence-electron chi connectivity index (χ2n) is 7.15. The molecule has 0 saturated heterocycles. The van der Waals surface area contributed by atoms with Gasteiger partial charge in [0.2, 0.25) is 12.7 Å². The van der Waals surface area contributed by atoms with Gasteiger partial charge in [-0.1, -0.05) is 18.1 Å². The minimum Gasteiger partial charge on any atom is -0.454 e. The molecule has 0 bridgehead atoms. The molecule has 0 N–H and O–H groups in total. The predicted molar refractivity (Wildman–Crippen MR) is 89.5 cm³/mol. The number of fused-ring (bicyclic) bond motifs is 1. The molecular weight excluding hydrogens is 327 g/mol. The Balaban J connectivity index is 1.59. The van der Waals surface area contributed by atoms with E-state index in [0.29, 0.717) is 18.1 Å². The Labute approximate surface area is 140 Å². The third-order valence-corrected chi connectivity index (χ3v) is 7.40. The molecule has 1 aromatic carbocycles. The van der Waals surface area contributed by atoms with Crippen molar-refractivity contribution in [2.24, 2.45) is 0 Å². The molecule has 1 atom stereocenters. The van der Waals surface area contributed by atoms with Gasteiger partial charge in [-0.25, -0.2) is 0 Å². The van der Waals surface area contributed by atoms with Crippen molar-refractivity contribution in [3.05, 3.63) is 35.5 Å². The molecule has 1 fully saturated rings. The Morgan fingerprint density at radius 1 is 1.25 bits per heavy atom. The van der Waals surface area contributed by atoms with E-state index in [-0.39, 0.29) is 17.9 Å². The summed E-state index contributed by atoms with van der Waals surface area (Å²) >= 11 is 0. The van der Waals surface area contributed by atoms with Gasteiger partial charge in [0.05, 0.1) is 12.6 Å². The van der Waals surface area contributed by atoms with Gasteiger partial charge in [-0.05, 0) is 43.9 Å². The highest BCUT2D eigenvalue weighted by atomic mass is 31.2. The van der Waals surface area contributed by atoms with Crippen LogP contribution in [0.15, 0.2) is 22.7 Å². The van der Waals surface area contributed by atoms with Crippen LogP contribution in [0, 0.1) is 0 Å². The molecule has 2 heterocycles. The minimum absolute atomic E-state index is 0.0450. The van der Waals surface area contributed by atoms with Crippen molar-refractivity contribution in [1.82, 2.24) is 10.1 Å². The largest absolute Gasteiger partial charge is 0.454 e. The van der Waals surface area contributed by atoms with Crippen LogP contribution < -0.4 is 9.47 Å². The van der Waals surface area contributed by atoms with E-state index >= 15 is 0 Å². The Kier molecular flexibility index (Phi) is 3.50. The SMILES string of the molecule is CC(Cc1noc(C2(c3ccc4c(c3)OCO4)CC2)n1)P(C)(C)=O. The maximum absolute atomic E-state index is 12.2. The van der Waals surface area contributed by atoms with Gasteiger partial charge in [-0.15, -0.1) is 0 Å². The monoisotopic (exact) mass is 348 g/mol. The van der Waals surface area contributed by atoms with Crippen molar-refractivity contribution in [3.63, 3.8) is 0 Å². The van der Waals surface area contributed by atoms with E-state index in [1.54, 1.807) is 13.3 Å². The third kappa shape index (κ3) is 2.63. The molecule has 2 aliphatic rings. The summed E-state index contributed by atoms with van der Waals surface area (Å²) < 4.78 is 28.6. The van der Waals surface area contributed by atoms with Gasteiger partial charge < -0.3 is 18.6 Å². The van der Waals surface area contributed by atoms with Crippen LogP contribution in [0.1, 0.15) is 37.0 Å². The first-order valence-corrected chi connectivity index (χ1v) is 10.8. The minimum atomic E-state index is -2.16. The van der Waals surface area contributed by atoms with Crippen molar-refractivity contribution < 1.29 is 18.6 Å². The van der Waals surface area contributed by atoms with Crippen molar-refractivity contribution >= 4 is 7.14 Å². The molecule has 1 aliphatic heterocycles. The van der Waals surface area contributed by atoms with Crippen molar-refractivity contribution in [3.8, 4) is 11.5 Å². The molecule has 24 heavy (non-hydrogen) atoms. The zero-order valence-electron chi connectivity index (χ0n) is 14.1. The zero-order chi connectivity index (χ0) is 16.9. The van der Waals surface area contributed by atoms with Crippen LogP contribution in [0.3, 0.4) is 0 Å². The molecule has 2 aromatic rings. The topological polar surface area (TPSA) is 74.5 Å². The van der Waals surface area contributed by atoms with E-state index in [0.717, 1.165) is 29.9 Å². The Morgan fingerprint density at radius 3 is 2.71 bits per heavy atom. The molecule has 1 aromatic heterocycles. The number of aromatic nitrogens is 2. The van der Waals surface area contributed by atoms with Crippen LogP contribution in [-0.4, -0.2) is 35.9 Å². The molecule has 4 rings (SSSR count). The maximum atomic E-state index is 12.2. The number of nitrogens with zero attached hydrogens (tertiary/aromatic N) is 2. The van der Waals surface area contributed by atoms with E-state index in [1.165, 1.54) is 0 Å². The fraction of sp³-hybridized carbons (Fsp3) is 0.529. The van der Waals surface area contributed by atoms with Gasteiger partial charge in [0.1, 0.15) is 0 Å². The summed E-state index contributed by atoms with van der Waals surface area (Å²) in [6.07, 6.45) is 2.53. The summed E-state index contributed by atoms with van der Waals surface area (Å²) in [4.78, 5) is 4.60. The maximum Gasteiger partial charge on any atom is 0.237 e. The molecule has 1 unspecified atom stereocenters. The summed E-state index contributed by atoms with van der Waals surface area (Å²) in [5.74, 6) is 2.82. The normalized spacial score (nSPS) is 19.3. The summed E-state index contributed by atoms with van der Waals surface area (Å²) in [6, 6.07) is 5.98. The lowest BCUT2D eigenvalue weighted by molar-refractivity contribution is 0.174. The second-order valence-corrected chi connectivity index (χ2v) is 10.9. The smallest absolute Gasteiger partial charge is 0.237 e. The van der Waals surface area contributed by atoms with Crippen LogP contribution in [0.2, 0.25) is 0 Å². The molecule has 128 valence electrons. The summed E-state index contributed by atoms with van der Waals surface area (Å²) in [5, 5.41) is 4.11. The van der Waals surface area contributed by atoms with Gasteiger partial charge in [0.25, 0.3) is 0 Å². The quantitative estimate of drug-likeness (QED) is 0.771. The number of ether oxygens (including phenoxy) is 2. The summed E-state index contributed by atoms with van der Waals surface area (Å²) in [6.45, 7) is 5.84. The molecule has 7 heteroatoms. The first kappa shape index (κ1) is 15.7. The highest BCUT2D eigenvalue weighted by molar-refractivity contribution is 7.63. The number of hydrogen-bond donors (Lipinski definition) is 0. The van der Waals surface area contributed by atoms with Crippen molar-refractivity contribution in [2.75, 3.05) is 20.1 Å². The van der Waals surface area contributed by atoms with Crippen LogP contribution in [-0.2, 0) is 16.4 Å². The van der Waals surface area contributed by atoms with E-state index in [1.807, 2.05) is 25.1 Å². The summed E-state index contributed by atoms with van der Waals surface area (Å²) in [7, 11) is -2.16. The van der Waals surface area contributed by atoms with Crippen molar-refractivity contribution in [2.45, 2.75) is 37.3 Å². The van der Waals surface area contributed by atoms with Crippen LogP contribution in [0.5, 0.6) is 11.5 Å². The first-order valence-electron chi connectivity index (χ1n) is 8.16. The Bertz CT molecular complexity index is 822. The predicted octanol–water partition coefficient (Wildman–Crippen LogP) is 3.43. The van der Waals surface area contributed by atoms with Gasteiger partial charge in [0.15, 0.2) is 17.3 Å². The summed E-state index contributed by atoms with van der Waals surface area (Å²) in [5.41, 5.74) is 0.952. The molecule has 0 spiro atoms. The number of rotatable bonds is 5. The fourth-order valence-electron chi connectivity index (χ4n) is 2.96. The van der Waals surface area contributed by atoms with Crippen LogP contribution >= 0.6 is 7.14 Å². The Morgan fingerprint density at radius 2 is 2.00 bits per heavy atom. The number of hydrogen-bond acceptors (Lipinski definition) is 6. The van der Waals surface area contributed by atoms with E-state index in [9.17, 15) is 4.57 Å². The standard InChI is InChI=1S/C17H21N2O4P/c1-11(24(2,3)20)8-15-18-16(23-19-15)17(6-7-17)12-4-5-13-14(9-12)22-10-21-13/h4-5,9,11H,6-8,10H2,1-3H3. The van der Waals surface area contributed by atoms with Crippen LogP contribution in [0.4, 0.5) is 0 Å². The van der Waals surface area contributed by atoms with Gasteiger partial charge in [-0.2, -0.15) is 4.98 Å². The molecule has 0 amide bonds. The fourth-order valence-corrected chi connectivity index (χ4v) is 3.56. The van der Waals surface area contributed by atoms with E-state index in [4.69, 9.17) is 14.0 Å². The van der Waals surface area contributed by atoms with Crippen molar-refractivity contribution in [1.29, 1.82) is 0 Å². The van der Waals surface area contributed by atoms with Gasteiger partial charge in [0, 0.05) is 12.1 Å². The molecular formula is C17H21N2O4P. The second kappa shape index (κ2) is 5.35. The van der Waals surface area contributed by atoms with Gasteiger partial charge >= 0.3 is 0 Å². The molecule has 0 radical (unpaired) electrons. The molecule has 1 aliphatic carbocycles. The Hall–Kier alpha value is -1.81. The number of benzene rings is 1. The average Bonchev–Trinajstić information content (AvgIpc) is 2.98. The lowest BCUT2D eigenvalue weighted by Gasteiger charge is -2.14. The highest BCUT2D eigenvalue weighted by Gasteiger charge is 2.51. The molecule has 6 nitrogen and oxygen atoms in total. The van der Waals surface area contributed by atoms with E-state index < -0.39 is 7.14 Å². The van der Waals surface area contributed by atoms with Crippen LogP contribution in [0.25, 0.3) is 0 Å². The third-order valence-electron chi connectivity index (χ3n) is 5.09.